The van der Waals surface area contributed by atoms with Crippen LogP contribution in [0.2, 0.25) is 5.02 Å². The summed E-state index contributed by atoms with van der Waals surface area (Å²) in [5.41, 5.74) is 3.59. The Hall–Kier alpha value is -2.78. The molecule has 0 bridgehead atoms. The second kappa shape index (κ2) is 7.45. The number of carbonyl (C=O) groups is 1. The number of nitrogens with zero attached hydrogens (tertiary/aromatic N) is 1. The molecule has 0 unspecified atom stereocenters. The highest BCUT2D eigenvalue weighted by molar-refractivity contribution is 6.34. The number of para-hydroxylation sites is 2. The van der Waals surface area contributed by atoms with Crippen LogP contribution in [0.5, 0.6) is 0 Å². The Balaban J connectivity index is 1.85. The van der Waals surface area contributed by atoms with Gasteiger partial charge < -0.3 is 10.2 Å². The van der Waals surface area contributed by atoms with E-state index >= 15 is 0 Å². The maximum Gasteiger partial charge on any atom is 0.260 e. The van der Waals surface area contributed by atoms with Crippen molar-refractivity contribution in [3.05, 3.63) is 95.0 Å². The van der Waals surface area contributed by atoms with Gasteiger partial charge in [-0.05, 0) is 49.2 Å². The van der Waals surface area contributed by atoms with Gasteiger partial charge in [0.05, 0.1) is 16.6 Å². The minimum Gasteiger partial charge on any atom is -0.382 e. The third kappa shape index (κ3) is 3.43. The van der Waals surface area contributed by atoms with Crippen molar-refractivity contribution in [3.63, 3.8) is 0 Å². The zero-order valence-corrected chi connectivity index (χ0v) is 15.9. The molecule has 0 radical (unpaired) electrons. The fourth-order valence-corrected chi connectivity index (χ4v) is 3.96. The van der Waals surface area contributed by atoms with Gasteiger partial charge in [-0.25, -0.2) is 0 Å². The standard InChI is InChI=1S/C23H21ClN2O/c1-16-15-22(19-12-6-8-14-21(19)25-16)26(17-9-3-2-4-10-17)23(27)18-11-5-7-13-20(18)24/h2-14,16,22,25H,15H2,1H3/t16-,22-/m1/s1. The quantitative estimate of drug-likeness (QED) is 0.614. The fraction of sp³-hybridized carbons (Fsp3) is 0.174. The summed E-state index contributed by atoms with van der Waals surface area (Å²) in [4.78, 5) is 15.5. The van der Waals surface area contributed by atoms with Crippen LogP contribution in [0.1, 0.15) is 35.3 Å². The van der Waals surface area contributed by atoms with Gasteiger partial charge >= 0.3 is 0 Å². The van der Waals surface area contributed by atoms with Crippen molar-refractivity contribution in [2.75, 3.05) is 10.2 Å². The summed E-state index contributed by atoms with van der Waals surface area (Å²) in [5, 5.41) is 3.99. The van der Waals surface area contributed by atoms with E-state index < -0.39 is 0 Å². The second-order valence-corrected chi connectivity index (χ2v) is 7.28. The molecule has 2 atom stereocenters. The van der Waals surface area contributed by atoms with E-state index in [2.05, 4.69) is 24.4 Å². The van der Waals surface area contributed by atoms with Crippen LogP contribution < -0.4 is 10.2 Å². The summed E-state index contributed by atoms with van der Waals surface area (Å²) >= 11 is 6.36. The Morgan fingerprint density at radius 2 is 1.63 bits per heavy atom. The van der Waals surface area contributed by atoms with Crippen LogP contribution in [0.15, 0.2) is 78.9 Å². The number of halogens is 1. The zero-order valence-electron chi connectivity index (χ0n) is 15.1. The lowest BCUT2D eigenvalue weighted by Gasteiger charge is -2.39. The molecular formula is C23H21ClN2O. The Labute approximate surface area is 164 Å². The average Bonchev–Trinajstić information content (AvgIpc) is 2.69. The summed E-state index contributed by atoms with van der Waals surface area (Å²) in [6.45, 7) is 2.14. The lowest BCUT2D eigenvalue weighted by molar-refractivity contribution is 0.0974. The van der Waals surface area contributed by atoms with Crippen molar-refractivity contribution < 1.29 is 4.79 Å². The fourth-order valence-electron chi connectivity index (χ4n) is 3.74. The lowest BCUT2D eigenvalue weighted by Crippen LogP contribution is -2.40. The van der Waals surface area contributed by atoms with Crippen LogP contribution in [0, 0.1) is 0 Å². The van der Waals surface area contributed by atoms with Gasteiger partial charge in [-0.3, -0.25) is 4.79 Å². The molecule has 4 heteroatoms. The van der Waals surface area contributed by atoms with Crippen LogP contribution >= 0.6 is 11.6 Å². The SMILES string of the molecule is C[C@@H]1C[C@@H](N(C(=O)c2ccccc2Cl)c2ccccc2)c2ccccc2N1. The van der Waals surface area contributed by atoms with Crippen molar-refractivity contribution in [3.8, 4) is 0 Å². The maximum absolute atomic E-state index is 13.6. The predicted molar refractivity (Wildman–Crippen MR) is 112 cm³/mol. The molecular weight excluding hydrogens is 356 g/mol. The summed E-state index contributed by atoms with van der Waals surface area (Å²) < 4.78 is 0. The first-order chi connectivity index (χ1) is 13.1. The number of hydrogen-bond acceptors (Lipinski definition) is 2. The van der Waals surface area contributed by atoms with Crippen LogP contribution in [0.25, 0.3) is 0 Å². The molecule has 1 amide bonds. The highest BCUT2D eigenvalue weighted by Gasteiger charge is 2.33. The van der Waals surface area contributed by atoms with E-state index in [0.29, 0.717) is 10.6 Å². The minimum atomic E-state index is -0.0827. The number of anilines is 2. The average molecular weight is 377 g/mol. The van der Waals surface area contributed by atoms with Crippen LogP contribution in [0.3, 0.4) is 0 Å². The molecule has 3 aromatic rings. The molecule has 0 spiro atoms. The summed E-state index contributed by atoms with van der Waals surface area (Å²) in [6, 6.07) is 25.5. The first-order valence-electron chi connectivity index (χ1n) is 9.14. The van der Waals surface area contributed by atoms with Gasteiger partial charge in [0.15, 0.2) is 0 Å². The molecule has 27 heavy (non-hydrogen) atoms. The molecule has 1 aliphatic rings. The molecule has 0 saturated heterocycles. The van der Waals surface area contributed by atoms with Gasteiger partial charge in [-0.1, -0.05) is 60.1 Å². The number of hydrogen-bond donors (Lipinski definition) is 1. The zero-order chi connectivity index (χ0) is 18.8. The Morgan fingerprint density at radius 3 is 2.41 bits per heavy atom. The molecule has 1 N–H and O–H groups in total. The molecule has 3 aromatic carbocycles. The van der Waals surface area contributed by atoms with Crippen molar-refractivity contribution in [1.29, 1.82) is 0 Å². The number of fused-ring (bicyclic) bond motifs is 1. The Bertz CT molecular complexity index is 957. The molecule has 4 rings (SSSR count). The summed E-state index contributed by atoms with van der Waals surface area (Å²) in [6.07, 6.45) is 0.822. The highest BCUT2D eigenvalue weighted by atomic mass is 35.5. The molecule has 0 saturated carbocycles. The first kappa shape index (κ1) is 17.6. The van der Waals surface area contributed by atoms with Crippen molar-refractivity contribution in [2.24, 2.45) is 0 Å². The second-order valence-electron chi connectivity index (χ2n) is 6.87. The number of benzene rings is 3. The van der Waals surface area contributed by atoms with Crippen molar-refractivity contribution >= 4 is 28.9 Å². The topological polar surface area (TPSA) is 32.3 Å². The molecule has 1 aliphatic heterocycles. The van der Waals surface area contributed by atoms with Gasteiger partial charge in [0.2, 0.25) is 0 Å². The van der Waals surface area contributed by atoms with Gasteiger partial charge in [-0.15, -0.1) is 0 Å². The third-order valence-electron chi connectivity index (χ3n) is 4.97. The summed E-state index contributed by atoms with van der Waals surface area (Å²) in [5.74, 6) is -0.0827. The summed E-state index contributed by atoms with van der Waals surface area (Å²) in [7, 11) is 0. The van der Waals surface area contributed by atoms with Gasteiger partial charge in [-0.2, -0.15) is 0 Å². The maximum atomic E-state index is 13.6. The number of nitrogens with one attached hydrogen (secondary N) is 1. The first-order valence-corrected chi connectivity index (χ1v) is 9.51. The molecule has 0 aliphatic carbocycles. The van der Waals surface area contributed by atoms with E-state index in [1.807, 2.05) is 59.5 Å². The van der Waals surface area contributed by atoms with E-state index in [0.717, 1.165) is 23.4 Å². The molecule has 0 aromatic heterocycles. The Kier molecular flexibility index (Phi) is 4.87. The van der Waals surface area contributed by atoms with Crippen LogP contribution in [0.4, 0.5) is 11.4 Å². The Morgan fingerprint density at radius 1 is 0.963 bits per heavy atom. The monoisotopic (exact) mass is 376 g/mol. The highest BCUT2D eigenvalue weighted by Crippen LogP contribution is 2.40. The largest absolute Gasteiger partial charge is 0.382 e. The molecule has 3 nitrogen and oxygen atoms in total. The van der Waals surface area contributed by atoms with Gasteiger partial charge in [0, 0.05) is 17.4 Å². The van der Waals surface area contributed by atoms with E-state index in [9.17, 15) is 4.79 Å². The number of rotatable bonds is 3. The smallest absolute Gasteiger partial charge is 0.260 e. The number of carbonyl (C=O) groups excluding carboxylic acids is 1. The number of amides is 1. The molecule has 0 fully saturated rings. The van der Waals surface area contributed by atoms with E-state index in [1.165, 1.54) is 0 Å². The van der Waals surface area contributed by atoms with Crippen molar-refractivity contribution in [2.45, 2.75) is 25.4 Å². The van der Waals surface area contributed by atoms with Crippen LogP contribution in [-0.4, -0.2) is 11.9 Å². The van der Waals surface area contributed by atoms with E-state index in [4.69, 9.17) is 11.6 Å². The minimum absolute atomic E-state index is 0.0661. The lowest BCUT2D eigenvalue weighted by atomic mass is 9.91. The van der Waals surface area contributed by atoms with Crippen molar-refractivity contribution in [1.82, 2.24) is 0 Å². The molecule has 136 valence electrons. The van der Waals surface area contributed by atoms with Gasteiger partial charge in [0.1, 0.15) is 0 Å². The predicted octanol–water partition coefficient (Wildman–Crippen LogP) is 5.93. The van der Waals surface area contributed by atoms with E-state index in [-0.39, 0.29) is 18.0 Å². The van der Waals surface area contributed by atoms with Crippen LogP contribution in [-0.2, 0) is 0 Å². The normalized spacial score (nSPS) is 18.3. The molecule has 1 heterocycles. The van der Waals surface area contributed by atoms with Gasteiger partial charge in [0.25, 0.3) is 5.91 Å². The third-order valence-corrected chi connectivity index (χ3v) is 5.30. The van der Waals surface area contributed by atoms with E-state index in [1.54, 1.807) is 12.1 Å².